The van der Waals surface area contributed by atoms with Gasteiger partial charge in [-0.1, -0.05) is 32.6 Å². The molecule has 0 aromatic heterocycles. The number of carboxylic acid groups (broad SMARTS) is 1. The van der Waals surface area contributed by atoms with Gasteiger partial charge in [0, 0.05) is 6.54 Å². The Labute approximate surface area is 104 Å². The molecule has 1 saturated heterocycles. The summed E-state index contributed by atoms with van der Waals surface area (Å²) in [6, 6.07) is 0. The molecule has 2 aliphatic rings. The molecule has 0 bridgehead atoms. The lowest BCUT2D eigenvalue weighted by Gasteiger charge is -2.44. The Morgan fingerprint density at radius 2 is 1.82 bits per heavy atom. The minimum atomic E-state index is -0.575. The zero-order valence-electron chi connectivity index (χ0n) is 11.0. The van der Waals surface area contributed by atoms with Gasteiger partial charge >= 0.3 is 5.97 Å². The third-order valence-corrected chi connectivity index (χ3v) is 4.59. The minimum absolute atomic E-state index is 0.537. The van der Waals surface area contributed by atoms with Gasteiger partial charge in [-0.3, -0.25) is 9.69 Å². The number of piperidine rings is 1. The maximum Gasteiger partial charge on any atom is 0.324 e. The molecule has 0 aromatic rings. The molecule has 0 spiro atoms. The van der Waals surface area contributed by atoms with Crippen LogP contribution in [0.5, 0.6) is 0 Å². The average Bonchev–Trinajstić information content (AvgIpc) is 2.55. The van der Waals surface area contributed by atoms with E-state index in [2.05, 4.69) is 11.8 Å². The molecule has 1 aliphatic heterocycles. The van der Waals surface area contributed by atoms with Gasteiger partial charge in [0.15, 0.2) is 0 Å². The molecule has 98 valence electrons. The van der Waals surface area contributed by atoms with Gasteiger partial charge < -0.3 is 5.11 Å². The van der Waals surface area contributed by atoms with E-state index in [4.69, 9.17) is 0 Å². The zero-order chi connectivity index (χ0) is 12.3. The number of hydrogen-bond acceptors (Lipinski definition) is 2. The Bertz CT molecular complexity index is 269. The Morgan fingerprint density at radius 1 is 1.18 bits per heavy atom. The molecule has 3 nitrogen and oxygen atoms in total. The molecular weight excluding hydrogens is 214 g/mol. The topological polar surface area (TPSA) is 40.5 Å². The van der Waals surface area contributed by atoms with Crippen LogP contribution in [0.3, 0.4) is 0 Å². The van der Waals surface area contributed by atoms with E-state index in [1.807, 2.05) is 0 Å². The zero-order valence-corrected chi connectivity index (χ0v) is 11.0. The first kappa shape index (κ1) is 12.9. The normalized spacial score (nSPS) is 30.8. The molecule has 0 radical (unpaired) electrons. The lowest BCUT2D eigenvalue weighted by molar-refractivity contribution is -0.154. The molecule has 1 atom stereocenters. The van der Waals surface area contributed by atoms with Crippen LogP contribution >= 0.6 is 0 Å². The van der Waals surface area contributed by atoms with E-state index in [1.54, 1.807) is 0 Å². The smallest absolute Gasteiger partial charge is 0.324 e. The Kier molecular flexibility index (Phi) is 4.08. The van der Waals surface area contributed by atoms with Crippen molar-refractivity contribution in [1.29, 1.82) is 0 Å². The molecular formula is C14H25NO2. The standard InChI is InChI=1S/C14H25NO2/c1-12-7-6-10-15(11-12)14(13(16)17)8-4-2-3-5-9-14/h12H,2-11H2,1H3,(H,16,17). The minimum Gasteiger partial charge on any atom is -0.480 e. The molecule has 2 rings (SSSR count). The van der Waals surface area contributed by atoms with Crippen LogP contribution in [0.1, 0.15) is 58.3 Å². The summed E-state index contributed by atoms with van der Waals surface area (Å²) in [6.45, 7) is 4.21. The molecule has 0 amide bonds. The molecule has 1 aliphatic carbocycles. The first-order valence-electron chi connectivity index (χ1n) is 7.13. The summed E-state index contributed by atoms with van der Waals surface area (Å²) in [7, 11) is 0. The fourth-order valence-corrected chi connectivity index (χ4v) is 3.56. The molecule has 1 saturated carbocycles. The first-order chi connectivity index (χ1) is 8.15. The highest BCUT2D eigenvalue weighted by atomic mass is 16.4. The second-order valence-corrected chi connectivity index (χ2v) is 5.94. The lowest BCUT2D eigenvalue weighted by Crippen LogP contribution is -2.57. The fraction of sp³-hybridized carbons (Fsp3) is 0.929. The van der Waals surface area contributed by atoms with E-state index in [1.165, 1.54) is 19.3 Å². The Balaban J connectivity index is 2.16. The highest BCUT2D eigenvalue weighted by Gasteiger charge is 2.44. The number of hydrogen-bond donors (Lipinski definition) is 1. The predicted octanol–water partition coefficient (Wildman–Crippen LogP) is 2.90. The van der Waals surface area contributed by atoms with Crippen LogP contribution in [0.2, 0.25) is 0 Å². The van der Waals surface area contributed by atoms with E-state index in [-0.39, 0.29) is 0 Å². The number of rotatable bonds is 2. The van der Waals surface area contributed by atoms with Gasteiger partial charge in [-0.05, 0) is 38.1 Å². The van der Waals surface area contributed by atoms with Crippen LogP contribution in [0.4, 0.5) is 0 Å². The third kappa shape index (κ3) is 2.65. The molecule has 1 unspecified atom stereocenters. The quantitative estimate of drug-likeness (QED) is 0.753. The first-order valence-corrected chi connectivity index (χ1v) is 7.13. The molecule has 17 heavy (non-hydrogen) atoms. The van der Waals surface area contributed by atoms with Crippen molar-refractivity contribution in [2.45, 2.75) is 63.8 Å². The number of nitrogens with zero attached hydrogens (tertiary/aromatic N) is 1. The van der Waals surface area contributed by atoms with Crippen LogP contribution in [0.25, 0.3) is 0 Å². The summed E-state index contributed by atoms with van der Waals surface area (Å²) in [5.41, 5.74) is -0.537. The van der Waals surface area contributed by atoms with Crippen molar-refractivity contribution in [3.8, 4) is 0 Å². The molecule has 0 aromatic carbocycles. The van der Waals surface area contributed by atoms with E-state index in [0.29, 0.717) is 5.92 Å². The Hall–Kier alpha value is -0.570. The fourth-order valence-electron chi connectivity index (χ4n) is 3.56. The van der Waals surface area contributed by atoms with Gasteiger partial charge in [0.1, 0.15) is 5.54 Å². The average molecular weight is 239 g/mol. The summed E-state index contributed by atoms with van der Waals surface area (Å²) < 4.78 is 0. The van der Waals surface area contributed by atoms with Gasteiger partial charge in [0.25, 0.3) is 0 Å². The number of carboxylic acids is 1. The van der Waals surface area contributed by atoms with Crippen LogP contribution in [0, 0.1) is 5.92 Å². The van der Waals surface area contributed by atoms with E-state index in [9.17, 15) is 9.90 Å². The predicted molar refractivity (Wildman–Crippen MR) is 68.0 cm³/mol. The SMILES string of the molecule is CC1CCCN(C2(C(=O)O)CCCCCC2)C1. The largest absolute Gasteiger partial charge is 0.480 e. The van der Waals surface area contributed by atoms with Crippen molar-refractivity contribution < 1.29 is 9.90 Å². The summed E-state index contributed by atoms with van der Waals surface area (Å²) >= 11 is 0. The van der Waals surface area contributed by atoms with E-state index >= 15 is 0 Å². The van der Waals surface area contributed by atoms with Gasteiger partial charge in [-0.2, -0.15) is 0 Å². The highest BCUT2D eigenvalue weighted by Crippen LogP contribution is 2.35. The molecule has 2 fully saturated rings. The van der Waals surface area contributed by atoms with E-state index < -0.39 is 11.5 Å². The summed E-state index contributed by atoms with van der Waals surface area (Å²) in [5.74, 6) is 0.0803. The van der Waals surface area contributed by atoms with Crippen molar-refractivity contribution in [1.82, 2.24) is 4.90 Å². The van der Waals surface area contributed by atoms with Crippen molar-refractivity contribution in [2.75, 3.05) is 13.1 Å². The van der Waals surface area contributed by atoms with Crippen LogP contribution < -0.4 is 0 Å². The monoisotopic (exact) mass is 239 g/mol. The lowest BCUT2D eigenvalue weighted by atomic mass is 9.85. The second kappa shape index (κ2) is 5.38. The summed E-state index contributed by atoms with van der Waals surface area (Å²) in [5, 5.41) is 9.71. The maximum absolute atomic E-state index is 11.8. The van der Waals surface area contributed by atoms with E-state index in [0.717, 1.165) is 45.2 Å². The highest BCUT2D eigenvalue weighted by molar-refractivity contribution is 5.78. The second-order valence-electron chi connectivity index (χ2n) is 5.94. The van der Waals surface area contributed by atoms with Crippen LogP contribution in [-0.4, -0.2) is 34.6 Å². The van der Waals surface area contributed by atoms with Gasteiger partial charge in [0.05, 0.1) is 0 Å². The molecule has 3 heteroatoms. The van der Waals surface area contributed by atoms with Crippen molar-refractivity contribution in [3.63, 3.8) is 0 Å². The summed E-state index contributed by atoms with van der Waals surface area (Å²) in [4.78, 5) is 14.1. The van der Waals surface area contributed by atoms with Crippen molar-refractivity contribution >= 4 is 5.97 Å². The van der Waals surface area contributed by atoms with Gasteiger partial charge in [0.2, 0.25) is 0 Å². The molecule has 1 heterocycles. The maximum atomic E-state index is 11.8. The van der Waals surface area contributed by atoms with Crippen molar-refractivity contribution in [3.05, 3.63) is 0 Å². The third-order valence-electron chi connectivity index (χ3n) is 4.59. The van der Waals surface area contributed by atoms with Crippen molar-refractivity contribution in [2.24, 2.45) is 5.92 Å². The number of carbonyl (C=O) groups is 1. The number of aliphatic carboxylic acids is 1. The molecule has 1 N–H and O–H groups in total. The van der Waals surface area contributed by atoms with Gasteiger partial charge in [-0.25, -0.2) is 0 Å². The number of likely N-dealkylation sites (tertiary alicyclic amines) is 1. The van der Waals surface area contributed by atoms with Crippen LogP contribution in [-0.2, 0) is 4.79 Å². The Morgan fingerprint density at radius 3 is 2.35 bits per heavy atom. The van der Waals surface area contributed by atoms with Gasteiger partial charge in [-0.15, -0.1) is 0 Å². The van der Waals surface area contributed by atoms with Crippen LogP contribution in [0.15, 0.2) is 0 Å². The summed E-state index contributed by atoms with van der Waals surface area (Å²) in [6.07, 6.45) is 8.71.